The van der Waals surface area contributed by atoms with Crippen molar-refractivity contribution in [2.75, 3.05) is 6.54 Å². The number of hydrogen-bond acceptors (Lipinski definition) is 3. The van der Waals surface area contributed by atoms with Gasteiger partial charge in [-0.2, -0.15) is 0 Å². The van der Waals surface area contributed by atoms with E-state index in [-0.39, 0.29) is 5.91 Å². The third-order valence-electron chi connectivity index (χ3n) is 2.36. The number of thiophene rings is 1. The molecule has 1 aliphatic rings. The largest absolute Gasteiger partial charge is 0.369 e. The van der Waals surface area contributed by atoms with Crippen molar-refractivity contribution in [2.24, 2.45) is 5.73 Å². The van der Waals surface area contributed by atoms with Gasteiger partial charge in [0.1, 0.15) is 0 Å². The lowest BCUT2D eigenvalue weighted by molar-refractivity contribution is -0.119. The zero-order valence-electron chi connectivity index (χ0n) is 7.98. The van der Waals surface area contributed by atoms with Crippen LogP contribution in [0.3, 0.4) is 0 Å². The Morgan fingerprint density at radius 1 is 1.64 bits per heavy atom. The number of carbonyl (C=O) groups is 1. The number of rotatable bonds is 5. The van der Waals surface area contributed by atoms with Gasteiger partial charge >= 0.3 is 0 Å². The Balaban J connectivity index is 1.93. The molecule has 1 aromatic heterocycles. The molecule has 3 nitrogen and oxygen atoms in total. The Hall–Kier alpha value is -0.870. The molecule has 1 aromatic rings. The Bertz CT molecular complexity index is 306. The van der Waals surface area contributed by atoms with Crippen LogP contribution in [0.4, 0.5) is 0 Å². The van der Waals surface area contributed by atoms with Crippen LogP contribution < -0.4 is 5.73 Å². The molecule has 76 valence electrons. The zero-order valence-corrected chi connectivity index (χ0v) is 8.80. The topological polar surface area (TPSA) is 46.3 Å². The van der Waals surface area contributed by atoms with Gasteiger partial charge in [-0.25, -0.2) is 0 Å². The highest BCUT2D eigenvalue weighted by atomic mass is 32.1. The van der Waals surface area contributed by atoms with E-state index in [4.69, 9.17) is 5.73 Å². The summed E-state index contributed by atoms with van der Waals surface area (Å²) in [6.45, 7) is 1.26. The average Bonchev–Trinajstić information content (AvgIpc) is 2.85. The molecule has 1 heterocycles. The molecule has 2 N–H and O–H groups in total. The number of amides is 1. The molecule has 2 rings (SSSR count). The van der Waals surface area contributed by atoms with Crippen molar-refractivity contribution in [1.29, 1.82) is 0 Å². The third kappa shape index (κ3) is 2.56. The Morgan fingerprint density at radius 2 is 2.43 bits per heavy atom. The molecule has 0 unspecified atom stereocenters. The van der Waals surface area contributed by atoms with E-state index in [1.54, 1.807) is 11.3 Å². The van der Waals surface area contributed by atoms with Gasteiger partial charge in [-0.05, 0) is 24.3 Å². The van der Waals surface area contributed by atoms with Crippen molar-refractivity contribution in [1.82, 2.24) is 4.90 Å². The quantitative estimate of drug-likeness (QED) is 0.793. The van der Waals surface area contributed by atoms with E-state index in [0.29, 0.717) is 12.6 Å². The summed E-state index contributed by atoms with van der Waals surface area (Å²) in [6.07, 6.45) is 2.41. The van der Waals surface area contributed by atoms with Gasteiger partial charge in [-0.1, -0.05) is 6.07 Å². The fraction of sp³-hybridized carbons (Fsp3) is 0.500. The summed E-state index contributed by atoms with van der Waals surface area (Å²) in [4.78, 5) is 14.3. The van der Waals surface area contributed by atoms with Crippen molar-refractivity contribution < 1.29 is 4.79 Å². The molecule has 1 amide bonds. The second-order valence-electron chi connectivity index (χ2n) is 3.68. The average molecular weight is 210 g/mol. The van der Waals surface area contributed by atoms with Gasteiger partial charge in [0, 0.05) is 17.5 Å². The normalized spacial score (nSPS) is 16.1. The summed E-state index contributed by atoms with van der Waals surface area (Å²) in [6, 6.07) is 4.72. The third-order valence-corrected chi connectivity index (χ3v) is 3.22. The lowest BCUT2D eigenvalue weighted by Gasteiger charge is -2.18. The van der Waals surface area contributed by atoms with E-state index in [0.717, 1.165) is 6.54 Å². The molecule has 1 saturated carbocycles. The van der Waals surface area contributed by atoms with Crippen LogP contribution in [0.25, 0.3) is 0 Å². The van der Waals surface area contributed by atoms with Crippen LogP contribution in [0.15, 0.2) is 17.5 Å². The molecular weight excluding hydrogens is 196 g/mol. The zero-order chi connectivity index (χ0) is 9.97. The molecule has 0 spiro atoms. The van der Waals surface area contributed by atoms with Crippen LogP contribution >= 0.6 is 11.3 Å². The Labute approximate surface area is 87.5 Å². The highest BCUT2D eigenvalue weighted by Gasteiger charge is 2.29. The predicted molar refractivity (Wildman–Crippen MR) is 56.9 cm³/mol. The predicted octanol–water partition coefficient (Wildman–Crippen LogP) is 1.20. The smallest absolute Gasteiger partial charge is 0.231 e. The second-order valence-corrected chi connectivity index (χ2v) is 4.71. The fourth-order valence-electron chi connectivity index (χ4n) is 1.56. The van der Waals surface area contributed by atoms with E-state index in [1.165, 1.54) is 17.7 Å². The summed E-state index contributed by atoms with van der Waals surface area (Å²) in [5.74, 6) is -0.228. The number of nitrogens with two attached hydrogens (primary N) is 1. The first-order chi connectivity index (χ1) is 6.75. The molecule has 0 atom stereocenters. The van der Waals surface area contributed by atoms with Gasteiger partial charge in [0.15, 0.2) is 0 Å². The van der Waals surface area contributed by atoms with Crippen molar-refractivity contribution in [2.45, 2.75) is 25.4 Å². The van der Waals surface area contributed by atoms with Gasteiger partial charge in [0.2, 0.25) is 5.91 Å². The van der Waals surface area contributed by atoms with E-state index in [2.05, 4.69) is 16.3 Å². The van der Waals surface area contributed by atoms with Gasteiger partial charge in [-0.3, -0.25) is 9.69 Å². The van der Waals surface area contributed by atoms with E-state index < -0.39 is 0 Å². The minimum atomic E-state index is -0.228. The molecular formula is C10H14N2OS. The molecule has 0 radical (unpaired) electrons. The summed E-state index contributed by atoms with van der Waals surface area (Å²) in [5, 5.41) is 2.06. The van der Waals surface area contributed by atoms with Crippen LogP contribution in [0.2, 0.25) is 0 Å². The van der Waals surface area contributed by atoms with Crippen LogP contribution in [-0.2, 0) is 11.3 Å². The van der Waals surface area contributed by atoms with Gasteiger partial charge in [0.25, 0.3) is 0 Å². The first-order valence-corrected chi connectivity index (χ1v) is 5.68. The number of carbonyl (C=O) groups excluding carboxylic acids is 1. The lowest BCUT2D eigenvalue weighted by Crippen LogP contribution is -2.34. The highest BCUT2D eigenvalue weighted by molar-refractivity contribution is 7.09. The lowest BCUT2D eigenvalue weighted by atomic mass is 10.4. The van der Waals surface area contributed by atoms with Gasteiger partial charge in [-0.15, -0.1) is 11.3 Å². The standard InChI is InChI=1S/C10H14N2OS/c11-10(13)7-12(8-3-4-8)6-9-2-1-5-14-9/h1-2,5,8H,3-4,6-7H2,(H2,11,13). The van der Waals surface area contributed by atoms with E-state index >= 15 is 0 Å². The molecule has 0 bridgehead atoms. The number of hydrogen-bond donors (Lipinski definition) is 1. The minimum Gasteiger partial charge on any atom is -0.369 e. The molecule has 1 aliphatic carbocycles. The van der Waals surface area contributed by atoms with Gasteiger partial charge < -0.3 is 5.73 Å². The molecule has 14 heavy (non-hydrogen) atoms. The first-order valence-electron chi connectivity index (χ1n) is 4.80. The summed E-state index contributed by atoms with van der Waals surface area (Å²) in [7, 11) is 0. The maximum Gasteiger partial charge on any atom is 0.231 e. The second kappa shape index (κ2) is 4.11. The van der Waals surface area contributed by atoms with E-state index in [9.17, 15) is 4.79 Å². The SMILES string of the molecule is NC(=O)CN(Cc1cccs1)C1CC1. The van der Waals surface area contributed by atoms with Crippen LogP contribution in [0.1, 0.15) is 17.7 Å². The van der Waals surface area contributed by atoms with E-state index in [1.807, 2.05) is 6.07 Å². The first kappa shape index (κ1) is 9.68. The highest BCUT2D eigenvalue weighted by Crippen LogP contribution is 2.28. The summed E-state index contributed by atoms with van der Waals surface area (Å²) < 4.78 is 0. The Morgan fingerprint density at radius 3 is 2.93 bits per heavy atom. The Kier molecular flexibility index (Phi) is 2.84. The number of primary amides is 1. The van der Waals surface area contributed by atoms with Gasteiger partial charge in [0.05, 0.1) is 6.54 Å². The fourth-order valence-corrected chi connectivity index (χ4v) is 2.29. The van der Waals surface area contributed by atoms with Crippen LogP contribution in [0.5, 0.6) is 0 Å². The number of nitrogens with zero attached hydrogens (tertiary/aromatic N) is 1. The molecule has 1 fully saturated rings. The molecule has 4 heteroatoms. The monoisotopic (exact) mass is 210 g/mol. The maximum absolute atomic E-state index is 10.9. The minimum absolute atomic E-state index is 0.228. The molecule has 0 aliphatic heterocycles. The van der Waals surface area contributed by atoms with Crippen molar-refractivity contribution in [3.8, 4) is 0 Å². The molecule has 0 aromatic carbocycles. The van der Waals surface area contributed by atoms with Crippen LogP contribution in [-0.4, -0.2) is 23.4 Å². The molecule has 0 saturated heterocycles. The van der Waals surface area contributed by atoms with Crippen molar-refractivity contribution in [3.63, 3.8) is 0 Å². The van der Waals surface area contributed by atoms with Crippen LogP contribution in [0, 0.1) is 0 Å². The van der Waals surface area contributed by atoms with Crippen molar-refractivity contribution >= 4 is 17.2 Å². The summed E-state index contributed by atoms with van der Waals surface area (Å²) >= 11 is 1.73. The maximum atomic E-state index is 10.9. The van der Waals surface area contributed by atoms with Crippen molar-refractivity contribution in [3.05, 3.63) is 22.4 Å². The summed E-state index contributed by atoms with van der Waals surface area (Å²) in [5.41, 5.74) is 5.21.